The van der Waals surface area contributed by atoms with Crippen LogP contribution in [-0.2, 0) is 0 Å². The fourth-order valence-corrected chi connectivity index (χ4v) is 6.93. The van der Waals surface area contributed by atoms with Crippen LogP contribution in [0, 0.1) is 10.8 Å². The summed E-state index contributed by atoms with van der Waals surface area (Å²) in [6.45, 7) is 0. The molecule has 0 unspecified atom stereocenters. The van der Waals surface area contributed by atoms with Crippen molar-refractivity contribution in [3.8, 4) is 21.7 Å². The number of oxime groups is 2. The van der Waals surface area contributed by atoms with E-state index in [9.17, 15) is 10.4 Å². The molecule has 4 aromatic carbocycles. The molecule has 0 radical (unpaired) electrons. The molecule has 49 heavy (non-hydrogen) atoms. The van der Waals surface area contributed by atoms with Gasteiger partial charge >= 0.3 is 0 Å². The quantitative estimate of drug-likeness (QED) is 0.0795. The van der Waals surface area contributed by atoms with Crippen LogP contribution in [0.2, 0.25) is 0 Å². The van der Waals surface area contributed by atoms with E-state index in [4.69, 9.17) is 20.4 Å². The Bertz CT molecular complexity index is 2470. The lowest BCUT2D eigenvalue weighted by atomic mass is 9.90. The van der Waals surface area contributed by atoms with Gasteiger partial charge in [-0.1, -0.05) is 83.1 Å². The number of benzene rings is 4. The maximum atomic E-state index is 10.3. The lowest BCUT2D eigenvalue weighted by molar-refractivity contribution is 0.315. The zero-order chi connectivity index (χ0) is 33.5. The molecule has 0 fully saturated rings. The van der Waals surface area contributed by atoms with Crippen molar-refractivity contribution in [2.45, 2.75) is 0 Å². The van der Waals surface area contributed by atoms with E-state index >= 15 is 0 Å². The lowest BCUT2D eigenvalue weighted by Gasteiger charge is -2.32. The molecule has 236 valence electrons. The number of para-hydroxylation sites is 1. The first-order valence-electron chi connectivity index (χ1n) is 15.1. The number of thiazole rings is 1. The largest absolute Gasteiger partial charge is 0.410 e. The molecule has 0 amide bonds. The number of nitrogens with one attached hydrogen (secondary N) is 2. The van der Waals surface area contributed by atoms with E-state index in [0.717, 1.165) is 37.5 Å². The molecule has 2 heterocycles. The van der Waals surface area contributed by atoms with Gasteiger partial charge in [0, 0.05) is 16.7 Å². The van der Waals surface area contributed by atoms with Gasteiger partial charge in [-0.2, -0.15) is 0 Å². The van der Waals surface area contributed by atoms with Crippen molar-refractivity contribution in [2.24, 2.45) is 10.3 Å². The molecule has 0 bridgehead atoms. The molecule has 2 aromatic heterocycles. The van der Waals surface area contributed by atoms with Crippen LogP contribution in [0.3, 0.4) is 0 Å². The van der Waals surface area contributed by atoms with Crippen molar-refractivity contribution in [1.82, 2.24) is 15.3 Å². The fourth-order valence-electron chi connectivity index (χ4n) is 5.96. The number of anilines is 1. The summed E-state index contributed by atoms with van der Waals surface area (Å²) in [5.74, 6) is 0. The van der Waals surface area contributed by atoms with Crippen LogP contribution in [0.15, 0.2) is 148 Å². The standard InChI is InChI=1S/C37H24N8O3S/c38-32-24(21-7-2-1-3-8-21)17-19-29(35(32)42-47)45(28-11-6-10-27(41-46)33(28)39)30-20-18-25(34-36(30)44-48-43-34)22-13-15-23(16-14-22)37-40-26-9-4-5-12-31(26)49-37/h1-20,38-39,46-47H/b38-32?,39-33?,41-27-,42-35-. The fraction of sp³-hybridized carbons (Fsp3) is 0. The average molecular weight is 661 g/mol. The Hall–Kier alpha value is -6.79. The van der Waals surface area contributed by atoms with Crippen molar-refractivity contribution in [3.05, 3.63) is 138 Å². The zero-order valence-electron chi connectivity index (χ0n) is 25.4. The molecule has 0 aliphatic heterocycles. The molecule has 8 rings (SSSR count). The molecule has 2 aliphatic rings. The van der Waals surface area contributed by atoms with Crippen LogP contribution in [0.4, 0.5) is 5.69 Å². The Kier molecular flexibility index (Phi) is 7.31. The van der Waals surface area contributed by atoms with E-state index in [0.29, 0.717) is 22.3 Å². The Morgan fingerprint density at radius 3 is 2.22 bits per heavy atom. The minimum absolute atomic E-state index is 0.0231. The van der Waals surface area contributed by atoms with E-state index in [1.165, 1.54) is 6.08 Å². The smallest absolute Gasteiger partial charge is 0.159 e. The summed E-state index contributed by atoms with van der Waals surface area (Å²) in [6, 6.07) is 29.1. The average Bonchev–Trinajstić information content (AvgIpc) is 3.82. The van der Waals surface area contributed by atoms with E-state index in [2.05, 4.69) is 26.7 Å². The molecule has 4 N–H and O–H groups in total. The van der Waals surface area contributed by atoms with Gasteiger partial charge in [-0.25, -0.2) is 9.61 Å². The van der Waals surface area contributed by atoms with Crippen molar-refractivity contribution in [2.75, 3.05) is 4.90 Å². The zero-order valence-corrected chi connectivity index (χ0v) is 26.3. The highest BCUT2D eigenvalue weighted by atomic mass is 32.1. The van der Waals surface area contributed by atoms with Gasteiger partial charge in [-0.3, -0.25) is 10.8 Å². The number of hydrogen-bond donors (Lipinski definition) is 4. The number of hydrogen-bond acceptors (Lipinski definition) is 12. The maximum absolute atomic E-state index is 10.3. The minimum atomic E-state index is -0.105. The molecule has 0 atom stereocenters. The minimum Gasteiger partial charge on any atom is -0.410 e. The normalized spacial score (nSPS) is 16.4. The van der Waals surface area contributed by atoms with E-state index < -0.39 is 0 Å². The van der Waals surface area contributed by atoms with Gasteiger partial charge in [0.25, 0.3) is 0 Å². The number of rotatable bonds is 6. The van der Waals surface area contributed by atoms with Gasteiger partial charge < -0.3 is 15.3 Å². The molecule has 0 saturated heterocycles. The van der Waals surface area contributed by atoms with Crippen LogP contribution in [0.5, 0.6) is 0 Å². The van der Waals surface area contributed by atoms with Crippen LogP contribution < -0.4 is 4.90 Å². The van der Waals surface area contributed by atoms with Crippen molar-refractivity contribution in [1.29, 1.82) is 10.8 Å². The highest BCUT2D eigenvalue weighted by molar-refractivity contribution is 7.21. The highest BCUT2D eigenvalue weighted by Crippen LogP contribution is 2.39. The third kappa shape index (κ3) is 5.03. The maximum Gasteiger partial charge on any atom is 0.159 e. The SMILES string of the molecule is N=C1C(N(C2=CC=C(c3ccccc3)C(=N)/C2=N\O)c2ccc(-c3ccc(-c4nc5ccccc5s4)cc3)c3nonc23)=CC=C/C1=N/O. The van der Waals surface area contributed by atoms with Crippen LogP contribution in [-0.4, -0.2) is 48.6 Å². The molecule has 11 nitrogen and oxygen atoms in total. The van der Waals surface area contributed by atoms with Crippen molar-refractivity contribution >= 4 is 66.7 Å². The van der Waals surface area contributed by atoms with E-state index in [-0.39, 0.29) is 34.2 Å². The number of aromatic nitrogens is 3. The summed E-state index contributed by atoms with van der Waals surface area (Å²) in [4.78, 5) is 6.41. The van der Waals surface area contributed by atoms with E-state index in [1.807, 2.05) is 78.9 Å². The highest BCUT2D eigenvalue weighted by Gasteiger charge is 2.33. The number of fused-ring (bicyclic) bond motifs is 2. The predicted octanol–water partition coefficient (Wildman–Crippen LogP) is 8.11. The monoisotopic (exact) mass is 660 g/mol. The summed E-state index contributed by atoms with van der Waals surface area (Å²) in [5, 5.41) is 54.2. The van der Waals surface area contributed by atoms with Gasteiger partial charge in [0.1, 0.15) is 21.9 Å². The molecule has 6 aromatic rings. The number of nitrogens with zero attached hydrogens (tertiary/aromatic N) is 6. The first-order valence-corrected chi connectivity index (χ1v) is 15.9. The first kappa shape index (κ1) is 29.6. The molecule has 2 aliphatic carbocycles. The van der Waals surface area contributed by atoms with E-state index in [1.54, 1.807) is 46.6 Å². The third-order valence-electron chi connectivity index (χ3n) is 8.32. The van der Waals surface area contributed by atoms with Gasteiger partial charge in [0.2, 0.25) is 0 Å². The second kappa shape index (κ2) is 12.1. The van der Waals surface area contributed by atoms with Crippen LogP contribution in [0.1, 0.15) is 5.56 Å². The van der Waals surface area contributed by atoms with Crippen LogP contribution in [0.25, 0.3) is 48.5 Å². The van der Waals surface area contributed by atoms with Gasteiger partial charge in [-0.15, -0.1) is 11.3 Å². The predicted molar refractivity (Wildman–Crippen MR) is 192 cm³/mol. The first-order chi connectivity index (χ1) is 24.1. The van der Waals surface area contributed by atoms with Crippen LogP contribution >= 0.6 is 11.3 Å². The molecular weight excluding hydrogens is 637 g/mol. The second-order valence-corrected chi connectivity index (χ2v) is 12.1. The molecule has 0 spiro atoms. The molecule has 0 saturated carbocycles. The number of allylic oxidation sites excluding steroid dienone is 8. The van der Waals surface area contributed by atoms with Crippen molar-refractivity contribution in [3.63, 3.8) is 0 Å². The summed E-state index contributed by atoms with van der Waals surface area (Å²) in [7, 11) is 0. The van der Waals surface area contributed by atoms with Crippen molar-refractivity contribution < 1.29 is 15.0 Å². The Labute approximate surface area is 282 Å². The Balaban J connectivity index is 1.25. The summed E-state index contributed by atoms with van der Waals surface area (Å²) in [5.41, 5.74) is 6.60. The molecular formula is C37H24N8O3S. The van der Waals surface area contributed by atoms with Gasteiger partial charge in [0.05, 0.1) is 33.0 Å². The lowest BCUT2D eigenvalue weighted by Crippen LogP contribution is -2.37. The topological polar surface area (TPSA) is 168 Å². The summed E-state index contributed by atoms with van der Waals surface area (Å²) < 4.78 is 6.42. The Morgan fingerprint density at radius 1 is 0.694 bits per heavy atom. The Morgan fingerprint density at radius 2 is 1.45 bits per heavy atom. The molecule has 12 heteroatoms. The second-order valence-electron chi connectivity index (χ2n) is 11.1. The summed E-state index contributed by atoms with van der Waals surface area (Å²) >= 11 is 1.63. The van der Waals surface area contributed by atoms with Gasteiger partial charge in [0.15, 0.2) is 11.2 Å². The third-order valence-corrected chi connectivity index (χ3v) is 9.41. The summed E-state index contributed by atoms with van der Waals surface area (Å²) in [6.07, 6.45) is 8.29. The van der Waals surface area contributed by atoms with Gasteiger partial charge in [-0.05, 0) is 70.0 Å².